The standard InChI is InChI=1S/C21H31N5O6/c1-4-13(2)18(19(22)29)26-20(30)14(3)25-17(28)11-23-16(27)10-24-21(31)32-12-15-8-6-5-7-9-15/h5-9,13-14,18H,4,10-12H2,1-3H3,(H2,22,29)(H,23,27)(H,24,31)(H,25,28)(H,26,30)/t13-,14-,18-/m0/s1. The van der Waals surface area contributed by atoms with Crippen LogP contribution in [0, 0.1) is 5.92 Å². The molecule has 0 fully saturated rings. The molecule has 32 heavy (non-hydrogen) atoms. The van der Waals surface area contributed by atoms with E-state index in [2.05, 4.69) is 21.3 Å². The van der Waals surface area contributed by atoms with E-state index in [0.29, 0.717) is 6.42 Å². The van der Waals surface area contributed by atoms with Gasteiger partial charge >= 0.3 is 6.09 Å². The minimum absolute atomic E-state index is 0.0598. The predicted octanol–water partition coefficient (Wildman–Crippen LogP) is -0.450. The Morgan fingerprint density at radius 2 is 1.56 bits per heavy atom. The zero-order valence-electron chi connectivity index (χ0n) is 18.5. The normalized spacial score (nSPS) is 13.1. The quantitative estimate of drug-likeness (QED) is 0.289. The van der Waals surface area contributed by atoms with E-state index in [-0.39, 0.29) is 19.1 Å². The van der Waals surface area contributed by atoms with Gasteiger partial charge in [0.25, 0.3) is 0 Å². The van der Waals surface area contributed by atoms with Gasteiger partial charge in [-0.1, -0.05) is 50.6 Å². The van der Waals surface area contributed by atoms with Crippen LogP contribution in [0.3, 0.4) is 0 Å². The molecule has 0 saturated carbocycles. The first-order chi connectivity index (χ1) is 15.1. The molecule has 0 aliphatic carbocycles. The highest BCUT2D eigenvalue weighted by atomic mass is 16.5. The molecule has 11 heteroatoms. The fourth-order valence-electron chi connectivity index (χ4n) is 2.53. The third-order valence-electron chi connectivity index (χ3n) is 4.64. The Morgan fingerprint density at radius 3 is 2.16 bits per heavy atom. The lowest BCUT2D eigenvalue weighted by molar-refractivity contribution is -0.132. The van der Waals surface area contributed by atoms with Crippen molar-refractivity contribution in [3.8, 4) is 0 Å². The molecular formula is C21H31N5O6. The highest BCUT2D eigenvalue weighted by molar-refractivity contribution is 5.93. The van der Waals surface area contributed by atoms with Gasteiger partial charge in [0.15, 0.2) is 0 Å². The molecular weight excluding hydrogens is 418 g/mol. The molecule has 0 saturated heterocycles. The molecule has 176 valence electrons. The lowest BCUT2D eigenvalue weighted by Crippen LogP contribution is -2.55. The van der Waals surface area contributed by atoms with Crippen molar-refractivity contribution in [2.75, 3.05) is 13.1 Å². The Labute approximate surface area is 186 Å². The van der Waals surface area contributed by atoms with Crippen molar-refractivity contribution in [1.29, 1.82) is 0 Å². The molecule has 1 rings (SSSR count). The maximum atomic E-state index is 12.2. The number of primary amides is 1. The second kappa shape index (κ2) is 13.6. The first kappa shape index (κ1) is 26.4. The maximum absolute atomic E-state index is 12.2. The van der Waals surface area contributed by atoms with Gasteiger partial charge in [-0.3, -0.25) is 19.2 Å². The molecule has 0 radical (unpaired) electrons. The number of alkyl carbamates (subject to hydrolysis) is 1. The molecule has 5 amide bonds. The average Bonchev–Trinajstić information content (AvgIpc) is 2.78. The lowest BCUT2D eigenvalue weighted by Gasteiger charge is -2.23. The predicted molar refractivity (Wildman–Crippen MR) is 116 cm³/mol. The largest absolute Gasteiger partial charge is 0.445 e. The van der Waals surface area contributed by atoms with Crippen LogP contribution in [0.25, 0.3) is 0 Å². The zero-order valence-corrected chi connectivity index (χ0v) is 18.5. The molecule has 0 bridgehead atoms. The van der Waals surface area contributed by atoms with Crippen molar-refractivity contribution in [3.05, 3.63) is 35.9 Å². The number of benzene rings is 1. The van der Waals surface area contributed by atoms with E-state index >= 15 is 0 Å². The van der Waals surface area contributed by atoms with Gasteiger partial charge in [-0.25, -0.2) is 4.79 Å². The smallest absolute Gasteiger partial charge is 0.407 e. The highest BCUT2D eigenvalue weighted by Gasteiger charge is 2.26. The average molecular weight is 450 g/mol. The van der Waals surface area contributed by atoms with Crippen LogP contribution in [-0.2, 0) is 30.5 Å². The number of nitrogens with one attached hydrogen (secondary N) is 4. The monoisotopic (exact) mass is 449 g/mol. The number of hydrogen-bond acceptors (Lipinski definition) is 6. The summed E-state index contributed by atoms with van der Waals surface area (Å²) in [5, 5.41) is 9.51. The SMILES string of the molecule is CC[C@H](C)[C@H](NC(=O)[C@H](C)NC(=O)CNC(=O)CNC(=O)OCc1ccccc1)C(N)=O. The van der Waals surface area contributed by atoms with Crippen LogP contribution in [-0.4, -0.2) is 54.9 Å². The van der Waals surface area contributed by atoms with Crippen LogP contribution >= 0.6 is 0 Å². The molecule has 3 atom stereocenters. The Morgan fingerprint density at radius 1 is 0.938 bits per heavy atom. The molecule has 1 aromatic rings. The fraction of sp³-hybridized carbons (Fsp3) is 0.476. The van der Waals surface area contributed by atoms with Gasteiger partial charge in [0, 0.05) is 0 Å². The number of hydrogen-bond donors (Lipinski definition) is 5. The molecule has 0 aliphatic heterocycles. The summed E-state index contributed by atoms with van der Waals surface area (Å²) in [4.78, 5) is 59.1. The van der Waals surface area contributed by atoms with E-state index in [9.17, 15) is 24.0 Å². The summed E-state index contributed by atoms with van der Waals surface area (Å²) in [5.74, 6) is -2.62. The second-order valence-electron chi connectivity index (χ2n) is 7.26. The van der Waals surface area contributed by atoms with Crippen molar-refractivity contribution in [3.63, 3.8) is 0 Å². The number of amides is 5. The third-order valence-corrected chi connectivity index (χ3v) is 4.64. The van der Waals surface area contributed by atoms with Gasteiger partial charge in [0.1, 0.15) is 25.2 Å². The minimum atomic E-state index is -0.948. The Balaban J connectivity index is 2.30. The van der Waals surface area contributed by atoms with E-state index in [4.69, 9.17) is 10.5 Å². The van der Waals surface area contributed by atoms with Crippen molar-refractivity contribution in [2.45, 2.75) is 45.9 Å². The molecule has 0 spiro atoms. The van der Waals surface area contributed by atoms with Gasteiger partial charge in [0.05, 0.1) is 6.54 Å². The van der Waals surface area contributed by atoms with Crippen molar-refractivity contribution >= 4 is 29.7 Å². The van der Waals surface area contributed by atoms with Gasteiger partial charge in [-0.2, -0.15) is 0 Å². The summed E-state index contributed by atoms with van der Waals surface area (Å²) in [7, 11) is 0. The van der Waals surface area contributed by atoms with Gasteiger partial charge in [-0.15, -0.1) is 0 Å². The summed E-state index contributed by atoms with van der Waals surface area (Å²) < 4.78 is 4.97. The van der Waals surface area contributed by atoms with Crippen LogP contribution in [0.5, 0.6) is 0 Å². The Bertz CT molecular complexity index is 801. The fourth-order valence-corrected chi connectivity index (χ4v) is 2.53. The van der Waals surface area contributed by atoms with Crippen LogP contribution in [0.15, 0.2) is 30.3 Å². The first-order valence-corrected chi connectivity index (χ1v) is 10.2. The molecule has 0 aromatic heterocycles. The van der Waals surface area contributed by atoms with E-state index < -0.39 is 48.4 Å². The number of carbonyl (C=O) groups excluding carboxylic acids is 5. The number of carbonyl (C=O) groups is 5. The summed E-state index contributed by atoms with van der Waals surface area (Å²) in [6.45, 7) is 4.35. The number of rotatable bonds is 12. The minimum Gasteiger partial charge on any atom is -0.445 e. The second-order valence-corrected chi connectivity index (χ2v) is 7.26. The molecule has 1 aromatic carbocycles. The van der Waals surface area contributed by atoms with Crippen LogP contribution in [0.4, 0.5) is 4.79 Å². The van der Waals surface area contributed by atoms with Crippen LogP contribution in [0.1, 0.15) is 32.8 Å². The highest BCUT2D eigenvalue weighted by Crippen LogP contribution is 2.07. The molecule has 0 unspecified atom stereocenters. The third kappa shape index (κ3) is 9.92. The number of nitrogens with two attached hydrogens (primary N) is 1. The summed E-state index contributed by atoms with van der Waals surface area (Å²) in [6, 6.07) is 7.23. The van der Waals surface area contributed by atoms with Gasteiger partial charge in [0.2, 0.25) is 23.6 Å². The molecule has 0 aliphatic rings. The molecule has 0 heterocycles. The van der Waals surface area contributed by atoms with E-state index in [1.165, 1.54) is 6.92 Å². The van der Waals surface area contributed by atoms with Crippen LogP contribution < -0.4 is 27.0 Å². The van der Waals surface area contributed by atoms with E-state index in [0.717, 1.165) is 5.56 Å². The number of ether oxygens (including phenoxy) is 1. The zero-order chi connectivity index (χ0) is 24.1. The van der Waals surface area contributed by atoms with Crippen molar-refractivity contribution in [1.82, 2.24) is 21.3 Å². The molecule has 11 nitrogen and oxygen atoms in total. The van der Waals surface area contributed by atoms with E-state index in [1.807, 2.05) is 13.0 Å². The first-order valence-electron chi connectivity index (χ1n) is 10.2. The van der Waals surface area contributed by atoms with Gasteiger partial charge in [-0.05, 0) is 18.4 Å². The summed E-state index contributed by atoms with van der Waals surface area (Å²) >= 11 is 0. The van der Waals surface area contributed by atoms with E-state index in [1.54, 1.807) is 31.2 Å². The topological polar surface area (TPSA) is 169 Å². The Kier molecular flexibility index (Phi) is 11.2. The molecule has 6 N–H and O–H groups in total. The van der Waals surface area contributed by atoms with Crippen molar-refractivity contribution in [2.24, 2.45) is 11.7 Å². The lowest BCUT2D eigenvalue weighted by atomic mass is 9.98. The van der Waals surface area contributed by atoms with Crippen LogP contribution in [0.2, 0.25) is 0 Å². The summed E-state index contributed by atoms with van der Waals surface area (Å²) in [5.41, 5.74) is 6.11. The van der Waals surface area contributed by atoms with Gasteiger partial charge < -0.3 is 31.7 Å². The summed E-state index contributed by atoms with van der Waals surface area (Å²) in [6.07, 6.45) is -0.141. The Hall–Kier alpha value is -3.63. The van der Waals surface area contributed by atoms with Crippen molar-refractivity contribution < 1.29 is 28.7 Å². The maximum Gasteiger partial charge on any atom is 0.407 e.